The lowest BCUT2D eigenvalue weighted by molar-refractivity contribution is 0.446. The molecule has 0 saturated heterocycles. The summed E-state index contributed by atoms with van der Waals surface area (Å²) in [6.45, 7) is 0. The maximum Gasteiger partial charge on any atom is 0.170 e. The third-order valence-electron chi connectivity index (χ3n) is 3.20. The number of anilines is 2. The highest BCUT2D eigenvalue weighted by atomic mass is 15.8. The quantitative estimate of drug-likeness (QED) is 0.490. The van der Waals surface area contributed by atoms with Gasteiger partial charge < -0.3 is 11.1 Å². The van der Waals surface area contributed by atoms with E-state index in [2.05, 4.69) is 26.9 Å². The summed E-state index contributed by atoms with van der Waals surface area (Å²) in [7, 11) is 0. The van der Waals surface area contributed by atoms with E-state index in [4.69, 9.17) is 5.73 Å². The van der Waals surface area contributed by atoms with Crippen LogP contribution in [0.3, 0.4) is 0 Å². The number of hydrazone groups is 1. The Bertz CT molecular complexity index is 451. The molecule has 3 rings (SSSR count). The van der Waals surface area contributed by atoms with Gasteiger partial charge in [-0.3, -0.25) is 5.43 Å². The number of nitrogens with zero attached hydrogens (tertiary/aromatic N) is 1. The molecule has 0 amide bonds. The van der Waals surface area contributed by atoms with E-state index in [1.807, 2.05) is 18.2 Å². The Morgan fingerprint density at radius 3 is 2.88 bits per heavy atom. The molecule has 0 bridgehead atoms. The van der Waals surface area contributed by atoms with E-state index in [0.29, 0.717) is 6.04 Å². The van der Waals surface area contributed by atoms with Crippen molar-refractivity contribution in [2.45, 2.75) is 25.3 Å². The fourth-order valence-corrected chi connectivity index (χ4v) is 1.94. The van der Waals surface area contributed by atoms with Crippen LogP contribution in [0.15, 0.2) is 23.3 Å². The second-order valence-corrected chi connectivity index (χ2v) is 4.40. The predicted molar refractivity (Wildman–Crippen MR) is 68.1 cm³/mol. The molecule has 0 aromatic heterocycles. The van der Waals surface area contributed by atoms with Gasteiger partial charge in [-0.05, 0) is 37.5 Å². The van der Waals surface area contributed by atoms with Crippen molar-refractivity contribution in [3.8, 4) is 0 Å². The molecule has 2 aliphatic rings. The Kier molecular flexibility index (Phi) is 2.49. The Labute approximate surface area is 99.6 Å². The van der Waals surface area contributed by atoms with E-state index in [1.54, 1.807) is 0 Å². The molecule has 6 heteroatoms. The Balaban J connectivity index is 1.83. The van der Waals surface area contributed by atoms with E-state index in [1.165, 1.54) is 19.3 Å². The van der Waals surface area contributed by atoms with Gasteiger partial charge >= 0.3 is 0 Å². The number of nitrogens with one attached hydrogen (secondary N) is 4. The first-order chi connectivity index (χ1) is 8.33. The largest absolute Gasteiger partial charge is 0.397 e. The van der Waals surface area contributed by atoms with Gasteiger partial charge in [0, 0.05) is 11.6 Å². The maximum atomic E-state index is 5.96. The number of nitrogens with two attached hydrogens (primary N) is 1. The van der Waals surface area contributed by atoms with Crippen LogP contribution >= 0.6 is 0 Å². The third-order valence-corrected chi connectivity index (χ3v) is 3.20. The van der Waals surface area contributed by atoms with Crippen molar-refractivity contribution in [3.05, 3.63) is 23.8 Å². The maximum absolute atomic E-state index is 5.96. The number of rotatable bonds is 3. The fraction of sp³-hybridized carbons (Fsp3) is 0.364. The van der Waals surface area contributed by atoms with Gasteiger partial charge in [-0.15, -0.1) is 10.6 Å². The monoisotopic (exact) mass is 232 g/mol. The molecule has 0 radical (unpaired) electrons. The zero-order chi connectivity index (χ0) is 11.7. The van der Waals surface area contributed by atoms with E-state index in [9.17, 15) is 0 Å². The van der Waals surface area contributed by atoms with E-state index in [0.717, 1.165) is 22.8 Å². The molecule has 0 spiro atoms. The Morgan fingerprint density at radius 2 is 2.24 bits per heavy atom. The van der Waals surface area contributed by atoms with Gasteiger partial charge in [0.15, 0.2) is 5.84 Å². The first kappa shape index (κ1) is 10.2. The number of benzene rings is 1. The van der Waals surface area contributed by atoms with E-state index >= 15 is 0 Å². The number of nitrogen functional groups attached to an aromatic ring is 1. The van der Waals surface area contributed by atoms with Crippen LogP contribution in [0, 0.1) is 0 Å². The van der Waals surface area contributed by atoms with Gasteiger partial charge in [-0.2, -0.15) is 0 Å². The summed E-state index contributed by atoms with van der Waals surface area (Å²) in [5.74, 6) is 0.765. The normalized spacial score (nSPS) is 18.9. The van der Waals surface area contributed by atoms with Crippen LogP contribution in [0.2, 0.25) is 0 Å². The highest BCUT2D eigenvalue weighted by molar-refractivity contribution is 6.00. The summed E-state index contributed by atoms with van der Waals surface area (Å²) in [6.07, 6.45) is 3.76. The molecule has 0 atom stereocenters. The summed E-state index contributed by atoms with van der Waals surface area (Å²) in [5, 5.41) is 7.53. The van der Waals surface area contributed by atoms with Crippen LogP contribution in [-0.4, -0.2) is 11.9 Å². The molecule has 1 aliphatic carbocycles. The number of hydrogen-bond acceptors (Lipinski definition) is 6. The lowest BCUT2D eigenvalue weighted by Gasteiger charge is -2.28. The van der Waals surface area contributed by atoms with Crippen molar-refractivity contribution in [1.82, 2.24) is 16.5 Å². The van der Waals surface area contributed by atoms with Crippen molar-refractivity contribution in [2.24, 2.45) is 5.10 Å². The van der Waals surface area contributed by atoms with Crippen molar-refractivity contribution in [1.29, 1.82) is 0 Å². The average Bonchev–Trinajstić information content (AvgIpc) is 2.79. The van der Waals surface area contributed by atoms with Gasteiger partial charge in [0.25, 0.3) is 0 Å². The van der Waals surface area contributed by atoms with Crippen molar-refractivity contribution in [3.63, 3.8) is 0 Å². The van der Waals surface area contributed by atoms with E-state index in [-0.39, 0.29) is 0 Å². The SMILES string of the molecule is Nc1ccc(C2=NNNN2)cc1NC1CCC1. The number of hydrazine groups is 2. The molecule has 1 aromatic rings. The summed E-state index contributed by atoms with van der Waals surface area (Å²) < 4.78 is 0. The van der Waals surface area contributed by atoms with Crippen LogP contribution in [0.4, 0.5) is 11.4 Å². The molecular weight excluding hydrogens is 216 g/mol. The van der Waals surface area contributed by atoms with Gasteiger partial charge in [0.1, 0.15) is 0 Å². The zero-order valence-electron chi connectivity index (χ0n) is 9.46. The highest BCUT2D eigenvalue weighted by Gasteiger charge is 2.18. The standard InChI is InChI=1S/C11H16N6/c12-9-5-4-7(11-14-16-17-15-11)6-10(9)13-8-2-1-3-8/h4-6,8,13,16-17H,1-3,12H2,(H,14,15). The minimum absolute atomic E-state index is 0.572. The van der Waals surface area contributed by atoms with Gasteiger partial charge in [0.2, 0.25) is 0 Å². The van der Waals surface area contributed by atoms with Crippen molar-refractivity contribution < 1.29 is 0 Å². The number of hydrogen-bond donors (Lipinski definition) is 5. The summed E-state index contributed by atoms with van der Waals surface area (Å²) in [6, 6.07) is 6.44. The molecule has 1 aliphatic heterocycles. The van der Waals surface area contributed by atoms with Gasteiger partial charge in [0.05, 0.1) is 11.4 Å². The molecule has 0 unspecified atom stereocenters. The third kappa shape index (κ3) is 1.99. The molecule has 1 aromatic carbocycles. The molecule has 1 saturated carbocycles. The van der Waals surface area contributed by atoms with Crippen LogP contribution in [0.5, 0.6) is 0 Å². The van der Waals surface area contributed by atoms with Gasteiger partial charge in [-0.25, -0.2) is 5.53 Å². The summed E-state index contributed by atoms with van der Waals surface area (Å²) in [5.41, 5.74) is 17.0. The topological polar surface area (TPSA) is 86.5 Å². The molecule has 1 heterocycles. The van der Waals surface area contributed by atoms with Crippen LogP contribution in [-0.2, 0) is 0 Å². The lowest BCUT2D eigenvalue weighted by Crippen LogP contribution is -2.35. The van der Waals surface area contributed by atoms with Gasteiger partial charge in [-0.1, -0.05) is 0 Å². The number of amidine groups is 1. The van der Waals surface area contributed by atoms with Crippen LogP contribution < -0.4 is 27.5 Å². The zero-order valence-corrected chi connectivity index (χ0v) is 9.46. The van der Waals surface area contributed by atoms with Crippen LogP contribution in [0.1, 0.15) is 24.8 Å². The minimum atomic E-state index is 0.572. The molecule has 6 nitrogen and oxygen atoms in total. The minimum Gasteiger partial charge on any atom is -0.397 e. The second kappa shape index (κ2) is 4.14. The summed E-state index contributed by atoms with van der Waals surface area (Å²) >= 11 is 0. The van der Waals surface area contributed by atoms with Crippen molar-refractivity contribution >= 4 is 17.2 Å². The van der Waals surface area contributed by atoms with E-state index < -0.39 is 0 Å². The Hall–Kier alpha value is -1.95. The van der Waals surface area contributed by atoms with Crippen LogP contribution in [0.25, 0.3) is 0 Å². The smallest absolute Gasteiger partial charge is 0.170 e. The average molecular weight is 232 g/mol. The first-order valence-electron chi connectivity index (χ1n) is 5.83. The predicted octanol–water partition coefficient (Wildman–Crippen LogP) is 0.507. The molecule has 1 fully saturated rings. The first-order valence-corrected chi connectivity index (χ1v) is 5.83. The molecule has 90 valence electrons. The Morgan fingerprint density at radius 1 is 1.35 bits per heavy atom. The second-order valence-electron chi connectivity index (χ2n) is 4.40. The summed E-state index contributed by atoms with van der Waals surface area (Å²) in [4.78, 5) is 0. The molecular formula is C11H16N6. The lowest BCUT2D eigenvalue weighted by atomic mass is 9.93. The fourth-order valence-electron chi connectivity index (χ4n) is 1.94. The molecule has 17 heavy (non-hydrogen) atoms. The molecule has 6 N–H and O–H groups in total. The highest BCUT2D eigenvalue weighted by Crippen LogP contribution is 2.27. The van der Waals surface area contributed by atoms with Crippen molar-refractivity contribution in [2.75, 3.05) is 11.1 Å².